The Morgan fingerprint density at radius 3 is 2.29 bits per heavy atom. The van der Waals surface area contributed by atoms with Gasteiger partial charge in [0.2, 0.25) is 5.60 Å². The van der Waals surface area contributed by atoms with E-state index in [-0.39, 0.29) is 4.88 Å². The van der Waals surface area contributed by atoms with Gasteiger partial charge in [-0.3, -0.25) is 25.0 Å². The third kappa shape index (κ3) is 2.52. The Labute approximate surface area is 127 Å². The molecule has 3 N–H and O–H groups in total. The van der Waals surface area contributed by atoms with Crippen molar-refractivity contribution < 1.29 is 24.3 Å². The summed E-state index contributed by atoms with van der Waals surface area (Å²) in [4.78, 5) is 46.7. The van der Waals surface area contributed by atoms with Gasteiger partial charge in [0.05, 0.1) is 11.3 Å². The van der Waals surface area contributed by atoms with Gasteiger partial charge in [-0.1, -0.05) is 0 Å². The quantitative estimate of drug-likeness (QED) is 0.401. The summed E-state index contributed by atoms with van der Waals surface area (Å²) in [6, 6.07) is -1.03. The molecule has 1 aliphatic heterocycles. The minimum atomic E-state index is -2.61. The van der Waals surface area contributed by atoms with Crippen molar-refractivity contribution in [2.45, 2.75) is 18.9 Å². The molecule has 1 fully saturated rings. The van der Waals surface area contributed by atoms with Crippen LogP contribution >= 0.6 is 23.6 Å². The fraction of sp³-hybridized carbons (Fsp3) is 0.364. The van der Waals surface area contributed by atoms with Crippen molar-refractivity contribution in [3.8, 4) is 0 Å². The van der Waals surface area contributed by atoms with Crippen molar-refractivity contribution in [2.75, 3.05) is 0 Å². The number of nitrogens with one attached hydrogen (secondary N) is 2. The van der Waals surface area contributed by atoms with Crippen LogP contribution in [0.3, 0.4) is 0 Å². The Hall–Kier alpha value is -1.91. The normalized spacial score (nSPS) is 17.4. The summed E-state index contributed by atoms with van der Waals surface area (Å²) in [6.45, 7) is 1.66. The lowest BCUT2D eigenvalue weighted by atomic mass is 9.92. The van der Waals surface area contributed by atoms with Gasteiger partial charge in [0, 0.05) is 12.7 Å². The van der Waals surface area contributed by atoms with Crippen LogP contribution in [0, 0.1) is 10.9 Å². The molecular formula is C11H11N3O5S2. The maximum Gasteiger partial charge on any atom is 0.328 e. The second-order valence-corrected chi connectivity index (χ2v) is 6.18. The first-order chi connectivity index (χ1) is 9.66. The number of ketones is 1. The summed E-state index contributed by atoms with van der Waals surface area (Å²) in [7, 11) is 1.68. The molecule has 2 heterocycles. The van der Waals surface area contributed by atoms with Crippen molar-refractivity contribution in [3.05, 3.63) is 14.5 Å². The van der Waals surface area contributed by atoms with Gasteiger partial charge in [-0.25, -0.2) is 4.79 Å². The third-order valence-electron chi connectivity index (χ3n) is 3.17. The highest BCUT2D eigenvalue weighted by atomic mass is 32.1. The molecule has 0 spiro atoms. The highest BCUT2D eigenvalue weighted by Crippen LogP contribution is 2.24. The maximum atomic E-state index is 12.2. The second kappa shape index (κ2) is 5.13. The Balaban J connectivity index is 2.32. The minimum Gasteiger partial charge on any atom is -0.371 e. The lowest BCUT2D eigenvalue weighted by Gasteiger charge is -2.28. The lowest BCUT2D eigenvalue weighted by Crippen LogP contribution is -2.67. The van der Waals surface area contributed by atoms with E-state index in [0.717, 1.165) is 11.3 Å². The number of amides is 4. The number of imide groups is 2. The number of rotatable bonds is 3. The molecule has 1 saturated heterocycles. The molecule has 1 aromatic rings. The summed E-state index contributed by atoms with van der Waals surface area (Å²) in [5, 5.41) is 13.6. The van der Waals surface area contributed by atoms with Crippen LogP contribution in [0.4, 0.5) is 4.79 Å². The first-order valence-corrected chi connectivity index (χ1v) is 6.98. The number of aromatic nitrogens is 1. The summed E-state index contributed by atoms with van der Waals surface area (Å²) in [5.74, 6) is -3.05. The monoisotopic (exact) mass is 329 g/mol. The molecule has 0 saturated carbocycles. The maximum absolute atomic E-state index is 12.2. The standard InChI is InChI=1S/C11H11N3O5S2/c1-4-6(21-10(20)14(4)2)5(15)3-11(19)7(16)12-9(18)13-8(11)17/h19H,3H2,1-2H3,(H2,12,13,16,17,18). The van der Waals surface area contributed by atoms with Crippen LogP contribution in [-0.2, 0) is 16.6 Å². The predicted molar refractivity (Wildman–Crippen MR) is 74.4 cm³/mol. The zero-order chi connectivity index (χ0) is 15.9. The number of aliphatic hydroxyl groups is 1. The molecule has 0 aromatic carbocycles. The number of thiazole rings is 1. The fourth-order valence-corrected chi connectivity index (χ4v) is 3.10. The van der Waals surface area contributed by atoms with Gasteiger partial charge in [0.1, 0.15) is 0 Å². The molecule has 0 unspecified atom stereocenters. The number of carbonyl (C=O) groups is 4. The lowest BCUT2D eigenvalue weighted by molar-refractivity contribution is -0.154. The number of nitrogens with zero attached hydrogens (tertiary/aromatic N) is 1. The van der Waals surface area contributed by atoms with Crippen LogP contribution in [0.25, 0.3) is 0 Å². The van der Waals surface area contributed by atoms with Gasteiger partial charge in [0.15, 0.2) is 9.74 Å². The first kappa shape index (κ1) is 15.5. The molecule has 8 nitrogen and oxygen atoms in total. The van der Waals surface area contributed by atoms with Gasteiger partial charge in [-0.2, -0.15) is 0 Å². The smallest absolute Gasteiger partial charge is 0.328 e. The third-order valence-corrected chi connectivity index (χ3v) is 4.87. The van der Waals surface area contributed by atoms with E-state index >= 15 is 0 Å². The van der Waals surface area contributed by atoms with Crippen molar-refractivity contribution in [2.24, 2.45) is 7.05 Å². The number of barbiturate groups is 1. The highest BCUT2D eigenvalue weighted by molar-refractivity contribution is 7.73. The molecule has 0 radical (unpaired) electrons. The average Bonchev–Trinajstić information content (AvgIpc) is 2.64. The van der Waals surface area contributed by atoms with Gasteiger partial charge in [0.25, 0.3) is 11.8 Å². The molecule has 0 atom stereocenters. The molecule has 4 amide bonds. The van der Waals surface area contributed by atoms with Crippen LogP contribution in [-0.4, -0.2) is 38.9 Å². The Morgan fingerprint density at radius 1 is 1.33 bits per heavy atom. The highest BCUT2D eigenvalue weighted by Gasteiger charge is 2.50. The van der Waals surface area contributed by atoms with E-state index in [9.17, 15) is 24.3 Å². The van der Waals surface area contributed by atoms with E-state index in [1.54, 1.807) is 29.2 Å². The van der Waals surface area contributed by atoms with Crippen molar-refractivity contribution >= 4 is 47.2 Å². The fourth-order valence-electron chi connectivity index (χ4n) is 1.80. The molecule has 2 rings (SSSR count). The van der Waals surface area contributed by atoms with Crippen LogP contribution < -0.4 is 10.6 Å². The second-order valence-electron chi connectivity index (χ2n) is 4.54. The van der Waals surface area contributed by atoms with Crippen LogP contribution in [0.2, 0.25) is 0 Å². The zero-order valence-corrected chi connectivity index (χ0v) is 12.7. The molecule has 0 aliphatic carbocycles. The van der Waals surface area contributed by atoms with Crippen molar-refractivity contribution in [1.82, 2.24) is 15.2 Å². The Bertz CT molecular complexity index is 713. The van der Waals surface area contributed by atoms with E-state index < -0.39 is 35.7 Å². The molecule has 112 valence electrons. The van der Waals surface area contributed by atoms with E-state index in [1.807, 2.05) is 0 Å². The number of hydrogen-bond donors (Lipinski definition) is 3. The van der Waals surface area contributed by atoms with E-state index in [2.05, 4.69) is 0 Å². The summed E-state index contributed by atoms with van der Waals surface area (Å²) < 4.78 is 2.07. The van der Waals surface area contributed by atoms with Crippen LogP contribution in [0.5, 0.6) is 0 Å². The van der Waals surface area contributed by atoms with Crippen LogP contribution in [0.15, 0.2) is 0 Å². The predicted octanol–water partition coefficient (Wildman–Crippen LogP) is -0.206. The van der Waals surface area contributed by atoms with E-state index in [0.29, 0.717) is 9.65 Å². The minimum absolute atomic E-state index is 0.258. The number of Topliss-reactive ketones (excluding diaryl/α,β-unsaturated/α-hetero) is 1. The Morgan fingerprint density at radius 2 is 1.86 bits per heavy atom. The number of carbonyl (C=O) groups excluding carboxylic acids is 4. The molecule has 10 heteroatoms. The van der Waals surface area contributed by atoms with E-state index in [1.165, 1.54) is 0 Å². The van der Waals surface area contributed by atoms with Gasteiger partial charge in [-0.05, 0) is 19.1 Å². The molecule has 0 bridgehead atoms. The van der Waals surface area contributed by atoms with Crippen LogP contribution in [0.1, 0.15) is 21.8 Å². The van der Waals surface area contributed by atoms with Gasteiger partial charge < -0.3 is 9.67 Å². The van der Waals surface area contributed by atoms with E-state index in [4.69, 9.17) is 12.2 Å². The zero-order valence-electron chi connectivity index (χ0n) is 11.1. The van der Waals surface area contributed by atoms with Crippen molar-refractivity contribution in [3.63, 3.8) is 0 Å². The molecular weight excluding hydrogens is 318 g/mol. The molecule has 21 heavy (non-hydrogen) atoms. The number of hydrogen-bond acceptors (Lipinski definition) is 7. The SMILES string of the molecule is Cc1c(C(=O)CC2(O)C(=O)NC(=O)NC2=O)sc(=S)n1C. The summed E-state index contributed by atoms with van der Waals surface area (Å²) >= 11 is 6.06. The molecule has 1 aliphatic rings. The van der Waals surface area contributed by atoms with Gasteiger partial charge in [-0.15, -0.1) is 11.3 Å². The summed E-state index contributed by atoms with van der Waals surface area (Å²) in [6.07, 6.45) is -0.770. The van der Waals surface area contributed by atoms with Crippen molar-refractivity contribution in [1.29, 1.82) is 0 Å². The summed E-state index contributed by atoms with van der Waals surface area (Å²) in [5.41, 5.74) is -2.03. The Kier molecular flexibility index (Phi) is 3.78. The largest absolute Gasteiger partial charge is 0.371 e. The molecule has 1 aromatic heterocycles. The number of urea groups is 1. The van der Waals surface area contributed by atoms with Gasteiger partial charge >= 0.3 is 6.03 Å². The topological polar surface area (TPSA) is 118 Å². The average molecular weight is 329 g/mol. The first-order valence-electron chi connectivity index (χ1n) is 5.75.